The number of hydrogen-bond acceptors (Lipinski definition) is 2. The maximum Gasteiger partial charge on any atom is 0.418 e. The lowest BCUT2D eigenvalue weighted by Gasteiger charge is -2.27. The Morgan fingerprint density at radius 1 is 1.22 bits per heavy atom. The second-order valence-electron chi connectivity index (χ2n) is 4.82. The molecule has 1 aromatic rings. The summed E-state index contributed by atoms with van der Waals surface area (Å²) in [7, 11) is 1.85. The molecule has 0 unspecified atom stereocenters. The van der Waals surface area contributed by atoms with Gasteiger partial charge in [-0.15, -0.1) is 0 Å². The fraction of sp³-hybridized carbons (Fsp3) is 0.538. The van der Waals surface area contributed by atoms with Crippen LogP contribution in [0, 0.1) is 0 Å². The maximum absolute atomic E-state index is 12.8. The summed E-state index contributed by atoms with van der Waals surface area (Å²) in [6.45, 7) is 0. The summed E-state index contributed by atoms with van der Waals surface area (Å²) in [5, 5.41) is 0. The summed E-state index contributed by atoms with van der Waals surface area (Å²) < 4.78 is 38.3. The minimum atomic E-state index is -4.39. The Bertz CT molecular complexity index is 423. The highest BCUT2D eigenvalue weighted by Gasteiger charge is 2.33. The predicted octanol–water partition coefficient (Wildman–Crippen LogP) is 3.67. The van der Waals surface area contributed by atoms with E-state index in [1.165, 1.54) is 6.07 Å². The Kier molecular flexibility index (Phi) is 3.41. The molecule has 1 saturated carbocycles. The number of hydrogen-bond donors (Lipinski definition) is 1. The molecular weight excluding hydrogens is 241 g/mol. The van der Waals surface area contributed by atoms with Gasteiger partial charge in [-0.05, 0) is 31.0 Å². The SMILES string of the molecule is CN(c1ccc(N)c(C(F)(F)F)c1)C1CCCC1. The zero-order valence-corrected chi connectivity index (χ0v) is 10.3. The van der Waals surface area contributed by atoms with Crippen molar-refractivity contribution in [2.24, 2.45) is 0 Å². The first-order valence-electron chi connectivity index (χ1n) is 6.09. The molecule has 0 radical (unpaired) electrons. The molecule has 1 aromatic carbocycles. The van der Waals surface area contributed by atoms with Gasteiger partial charge in [0.2, 0.25) is 0 Å². The summed E-state index contributed by atoms with van der Waals surface area (Å²) in [5.41, 5.74) is 5.02. The second-order valence-corrected chi connectivity index (χ2v) is 4.82. The van der Waals surface area contributed by atoms with E-state index in [4.69, 9.17) is 5.73 Å². The predicted molar refractivity (Wildman–Crippen MR) is 66.5 cm³/mol. The molecule has 0 bridgehead atoms. The molecule has 0 aromatic heterocycles. The zero-order valence-electron chi connectivity index (χ0n) is 10.3. The van der Waals surface area contributed by atoms with E-state index in [9.17, 15) is 13.2 Å². The van der Waals surface area contributed by atoms with Gasteiger partial charge in [-0.2, -0.15) is 13.2 Å². The average molecular weight is 258 g/mol. The molecule has 18 heavy (non-hydrogen) atoms. The third-order valence-electron chi connectivity index (χ3n) is 3.62. The highest BCUT2D eigenvalue weighted by Crippen LogP contribution is 2.37. The minimum Gasteiger partial charge on any atom is -0.398 e. The van der Waals surface area contributed by atoms with Crippen LogP contribution < -0.4 is 10.6 Å². The number of rotatable bonds is 2. The van der Waals surface area contributed by atoms with Crippen molar-refractivity contribution in [3.05, 3.63) is 23.8 Å². The Labute approximate surface area is 105 Å². The van der Waals surface area contributed by atoms with E-state index in [1.807, 2.05) is 11.9 Å². The molecule has 2 nitrogen and oxygen atoms in total. The van der Waals surface area contributed by atoms with Crippen LogP contribution in [0.2, 0.25) is 0 Å². The van der Waals surface area contributed by atoms with Crippen LogP contribution in [0.3, 0.4) is 0 Å². The molecule has 5 heteroatoms. The van der Waals surface area contributed by atoms with Crippen LogP contribution in [0.25, 0.3) is 0 Å². The molecule has 0 aliphatic heterocycles. The van der Waals surface area contributed by atoms with Crippen LogP contribution in [-0.2, 0) is 6.18 Å². The van der Waals surface area contributed by atoms with Gasteiger partial charge < -0.3 is 10.6 Å². The van der Waals surface area contributed by atoms with E-state index >= 15 is 0 Å². The van der Waals surface area contributed by atoms with Gasteiger partial charge in [0.25, 0.3) is 0 Å². The highest BCUT2D eigenvalue weighted by atomic mass is 19.4. The number of nitrogen functional groups attached to an aromatic ring is 1. The van der Waals surface area contributed by atoms with Gasteiger partial charge in [-0.25, -0.2) is 0 Å². The lowest BCUT2D eigenvalue weighted by molar-refractivity contribution is -0.136. The summed E-state index contributed by atoms with van der Waals surface area (Å²) in [6.07, 6.45) is -0.00667. The average Bonchev–Trinajstić information content (AvgIpc) is 2.80. The summed E-state index contributed by atoms with van der Waals surface area (Å²) in [4.78, 5) is 1.93. The van der Waals surface area contributed by atoms with Gasteiger partial charge >= 0.3 is 6.18 Å². The third-order valence-corrected chi connectivity index (χ3v) is 3.62. The smallest absolute Gasteiger partial charge is 0.398 e. The van der Waals surface area contributed by atoms with Crippen LogP contribution in [0.15, 0.2) is 18.2 Å². The Morgan fingerprint density at radius 3 is 2.39 bits per heavy atom. The molecule has 0 spiro atoms. The molecule has 2 rings (SSSR count). The lowest BCUT2D eigenvalue weighted by atomic mass is 10.1. The standard InChI is InChI=1S/C13H17F3N2/c1-18(9-4-2-3-5-9)10-6-7-12(17)11(8-10)13(14,15)16/h6-9H,2-5,17H2,1H3. The van der Waals surface area contributed by atoms with Crippen molar-refractivity contribution in [3.8, 4) is 0 Å². The number of benzene rings is 1. The van der Waals surface area contributed by atoms with Crippen molar-refractivity contribution in [2.75, 3.05) is 17.7 Å². The van der Waals surface area contributed by atoms with Crippen LogP contribution in [0.1, 0.15) is 31.2 Å². The Morgan fingerprint density at radius 2 is 1.83 bits per heavy atom. The number of halogens is 3. The fourth-order valence-corrected chi connectivity index (χ4v) is 2.51. The second kappa shape index (κ2) is 4.71. The molecule has 100 valence electrons. The van der Waals surface area contributed by atoms with Gasteiger partial charge in [0.1, 0.15) is 0 Å². The quantitative estimate of drug-likeness (QED) is 0.820. The van der Waals surface area contributed by atoms with Gasteiger partial charge in [0.05, 0.1) is 5.56 Å². The van der Waals surface area contributed by atoms with Crippen molar-refractivity contribution < 1.29 is 13.2 Å². The van der Waals surface area contributed by atoms with Gasteiger partial charge in [-0.3, -0.25) is 0 Å². The molecule has 1 aliphatic carbocycles. The molecule has 1 aliphatic rings. The summed E-state index contributed by atoms with van der Waals surface area (Å²) in [5.74, 6) is 0. The lowest BCUT2D eigenvalue weighted by Crippen LogP contribution is -2.29. The molecule has 0 atom stereocenters. The Hall–Kier alpha value is -1.39. The monoisotopic (exact) mass is 258 g/mol. The Balaban J connectivity index is 2.28. The summed E-state index contributed by atoms with van der Waals surface area (Å²) in [6, 6.07) is 4.48. The molecular formula is C13H17F3N2. The number of alkyl halides is 3. The highest BCUT2D eigenvalue weighted by molar-refractivity contribution is 5.59. The normalized spacial score (nSPS) is 17.1. The largest absolute Gasteiger partial charge is 0.418 e. The maximum atomic E-state index is 12.8. The van der Waals surface area contributed by atoms with Crippen LogP contribution in [-0.4, -0.2) is 13.1 Å². The van der Waals surface area contributed by atoms with Crippen molar-refractivity contribution in [3.63, 3.8) is 0 Å². The first-order valence-corrected chi connectivity index (χ1v) is 6.09. The molecule has 0 amide bonds. The van der Waals surface area contributed by atoms with Crippen molar-refractivity contribution in [1.29, 1.82) is 0 Å². The van der Waals surface area contributed by atoms with Crippen LogP contribution in [0.4, 0.5) is 24.5 Å². The first-order chi connectivity index (χ1) is 8.39. The number of nitrogens with two attached hydrogens (primary N) is 1. The van der Waals surface area contributed by atoms with E-state index in [0.29, 0.717) is 11.7 Å². The summed E-state index contributed by atoms with van der Waals surface area (Å²) >= 11 is 0. The van der Waals surface area contributed by atoms with Crippen molar-refractivity contribution in [2.45, 2.75) is 37.9 Å². The number of nitrogens with zero attached hydrogens (tertiary/aromatic N) is 1. The molecule has 1 fully saturated rings. The van der Waals surface area contributed by atoms with Gasteiger partial charge in [0.15, 0.2) is 0 Å². The van der Waals surface area contributed by atoms with Gasteiger partial charge in [-0.1, -0.05) is 12.8 Å². The molecule has 0 heterocycles. The molecule has 2 N–H and O–H groups in total. The van der Waals surface area contributed by atoms with E-state index in [-0.39, 0.29) is 5.69 Å². The topological polar surface area (TPSA) is 29.3 Å². The number of anilines is 2. The van der Waals surface area contributed by atoms with E-state index < -0.39 is 11.7 Å². The fourth-order valence-electron chi connectivity index (χ4n) is 2.51. The zero-order chi connectivity index (χ0) is 13.3. The third kappa shape index (κ3) is 2.54. The van der Waals surface area contributed by atoms with Crippen molar-refractivity contribution in [1.82, 2.24) is 0 Å². The van der Waals surface area contributed by atoms with E-state index in [2.05, 4.69) is 0 Å². The van der Waals surface area contributed by atoms with Gasteiger partial charge in [0, 0.05) is 24.5 Å². The van der Waals surface area contributed by atoms with Crippen LogP contribution in [0.5, 0.6) is 0 Å². The first kappa shape index (κ1) is 13.1. The minimum absolute atomic E-state index is 0.217. The van der Waals surface area contributed by atoms with E-state index in [1.54, 1.807) is 6.07 Å². The van der Waals surface area contributed by atoms with E-state index in [0.717, 1.165) is 31.7 Å². The van der Waals surface area contributed by atoms with Crippen LogP contribution >= 0.6 is 0 Å². The van der Waals surface area contributed by atoms with Crippen molar-refractivity contribution >= 4 is 11.4 Å². The molecule has 0 saturated heterocycles.